The van der Waals surface area contributed by atoms with Crippen LogP contribution in [0.3, 0.4) is 0 Å². The Kier molecular flexibility index (Phi) is 6.20. The predicted molar refractivity (Wildman–Crippen MR) is 127 cm³/mol. The number of aryl methyl sites for hydroxylation is 1. The van der Waals surface area contributed by atoms with Gasteiger partial charge in [0.15, 0.2) is 5.16 Å². The topological polar surface area (TPSA) is 44.1 Å². The first-order valence-corrected chi connectivity index (χ1v) is 11.3. The lowest BCUT2D eigenvalue weighted by atomic mass is 10.2. The summed E-state index contributed by atoms with van der Waals surface area (Å²) in [6, 6.07) is 23.4. The van der Waals surface area contributed by atoms with Gasteiger partial charge in [-0.25, -0.2) is 4.98 Å². The molecule has 146 valence electrons. The number of nitrogens with zero attached hydrogens (tertiary/aromatic N) is 2. The number of fused-ring (bicyclic) bond motifs is 1. The van der Waals surface area contributed by atoms with Gasteiger partial charge in [-0.15, -0.1) is 0 Å². The number of aromatic nitrogens is 2. The van der Waals surface area contributed by atoms with E-state index in [1.807, 2.05) is 79.7 Å². The minimum atomic E-state index is -0.0470. The lowest BCUT2D eigenvalue weighted by Crippen LogP contribution is -2.23. The molecule has 0 radical (unpaired) electrons. The van der Waals surface area contributed by atoms with Gasteiger partial charge in [-0.05, 0) is 71.5 Å². The average molecular weight is 514 g/mol. The summed E-state index contributed by atoms with van der Waals surface area (Å²) in [6.45, 7) is 2.54. The highest BCUT2D eigenvalue weighted by Crippen LogP contribution is 2.24. The Bertz CT molecular complexity index is 1210. The first kappa shape index (κ1) is 20.0. The van der Waals surface area contributed by atoms with E-state index in [2.05, 4.69) is 22.6 Å². The predicted octanol–water partition coefficient (Wildman–Crippen LogP) is 5.47. The van der Waals surface area contributed by atoms with E-state index in [1.165, 1.54) is 11.8 Å². The molecule has 1 aromatic heterocycles. The molecule has 0 bridgehead atoms. The highest BCUT2D eigenvalue weighted by atomic mass is 127. The number of benzene rings is 3. The molecular formula is C23H19IN2O2S. The van der Waals surface area contributed by atoms with E-state index < -0.39 is 0 Å². The maximum absolute atomic E-state index is 13.4. The number of ether oxygens (including phenoxy) is 1. The lowest BCUT2D eigenvalue weighted by Gasteiger charge is -2.15. The number of para-hydroxylation sites is 2. The molecule has 3 aromatic carbocycles. The minimum Gasteiger partial charge on any atom is -0.493 e. The Labute approximate surface area is 187 Å². The second-order valence-electron chi connectivity index (χ2n) is 6.49. The fraction of sp³-hybridized carbons (Fsp3) is 0.130. The van der Waals surface area contributed by atoms with Crippen LogP contribution in [-0.4, -0.2) is 21.9 Å². The SMILES string of the molecule is Cc1ccccc1-n1c(SCCOc2ccccc2)nc2ccc(I)cc2c1=O. The standard InChI is InChI=1S/C23H19IN2O2S/c1-16-7-5-6-10-21(16)26-22(27)19-15-17(24)11-12-20(19)25-23(26)29-14-13-28-18-8-3-2-4-9-18/h2-12,15H,13-14H2,1H3. The van der Waals surface area contributed by atoms with Crippen LogP contribution in [0.15, 0.2) is 82.7 Å². The van der Waals surface area contributed by atoms with Crippen molar-refractivity contribution in [2.45, 2.75) is 12.1 Å². The molecule has 0 atom stereocenters. The van der Waals surface area contributed by atoms with Gasteiger partial charge in [0.2, 0.25) is 0 Å². The van der Waals surface area contributed by atoms with Crippen LogP contribution < -0.4 is 10.3 Å². The van der Waals surface area contributed by atoms with Gasteiger partial charge < -0.3 is 4.74 Å². The van der Waals surface area contributed by atoms with Crippen LogP contribution in [0, 0.1) is 10.5 Å². The molecule has 4 nitrogen and oxygen atoms in total. The van der Waals surface area contributed by atoms with Crippen molar-refractivity contribution in [1.29, 1.82) is 0 Å². The largest absolute Gasteiger partial charge is 0.493 e. The molecule has 0 aliphatic heterocycles. The summed E-state index contributed by atoms with van der Waals surface area (Å²) in [5.74, 6) is 1.52. The minimum absolute atomic E-state index is 0.0470. The lowest BCUT2D eigenvalue weighted by molar-refractivity contribution is 0.344. The molecule has 0 spiro atoms. The molecule has 4 aromatic rings. The van der Waals surface area contributed by atoms with E-state index >= 15 is 0 Å². The van der Waals surface area contributed by atoms with Crippen molar-refractivity contribution >= 4 is 45.3 Å². The third-order valence-corrected chi connectivity index (χ3v) is 6.06. The molecule has 0 aliphatic rings. The molecule has 4 rings (SSSR count). The van der Waals surface area contributed by atoms with Crippen LogP contribution in [0.4, 0.5) is 0 Å². The van der Waals surface area contributed by atoms with Crippen LogP contribution in [-0.2, 0) is 0 Å². The van der Waals surface area contributed by atoms with Crippen LogP contribution in [0.1, 0.15) is 5.56 Å². The summed E-state index contributed by atoms with van der Waals surface area (Å²) < 4.78 is 8.53. The molecule has 0 unspecified atom stereocenters. The second kappa shape index (κ2) is 9.00. The maximum atomic E-state index is 13.4. The van der Waals surface area contributed by atoms with Crippen molar-refractivity contribution in [3.8, 4) is 11.4 Å². The smallest absolute Gasteiger partial charge is 0.266 e. The van der Waals surface area contributed by atoms with Gasteiger partial charge in [0.1, 0.15) is 5.75 Å². The van der Waals surface area contributed by atoms with E-state index in [9.17, 15) is 4.79 Å². The molecule has 0 amide bonds. The monoisotopic (exact) mass is 514 g/mol. The molecule has 0 N–H and O–H groups in total. The van der Waals surface area contributed by atoms with E-state index in [4.69, 9.17) is 9.72 Å². The zero-order valence-corrected chi connectivity index (χ0v) is 18.8. The average Bonchev–Trinajstić information content (AvgIpc) is 2.74. The fourth-order valence-electron chi connectivity index (χ4n) is 3.07. The Balaban J connectivity index is 1.70. The number of rotatable bonds is 6. The van der Waals surface area contributed by atoms with E-state index in [0.717, 1.165) is 20.6 Å². The Morgan fingerprint density at radius 2 is 1.79 bits per heavy atom. The van der Waals surface area contributed by atoms with Gasteiger partial charge in [0.05, 0.1) is 23.2 Å². The van der Waals surface area contributed by atoms with Crippen molar-refractivity contribution in [3.05, 3.63) is 92.3 Å². The van der Waals surface area contributed by atoms with Crippen LogP contribution in [0.2, 0.25) is 0 Å². The highest BCUT2D eigenvalue weighted by Gasteiger charge is 2.15. The van der Waals surface area contributed by atoms with Gasteiger partial charge in [-0.3, -0.25) is 9.36 Å². The quantitative estimate of drug-likeness (QED) is 0.148. The summed E-state index contributed by atoms with van der Waals surface area (Å²) in [6.07, 6.45) is 0. The zero-order valence-electron chi connectivity index (χ0n) is 15.8. The number of halogens is 1. The summed E-state index contributed by atoms with van der Waals surface area (Å²) in [4.78, 5) is 18.2. The van der Waals surface area contributed by atoms with Crippen molar-refractivity contribution in [2.24, 2.45) is 0 Å². The third kappa shape index (κ3) is 4.48. The van der Waals surface area contributed by atoms with E-state index in [1.54, 1.807) is 4.57 Å². The molecular weight excluding hydrogens is 495 g/mol. The van der Waals surface area contributed by atoms with Gasteiger partial charge >= 0.3 is 0 Å². The Morgan fingerprint density at radius 1 is 1.03 bits per heavy atom. The van der Waals surface area contributed by atoms with E-state index in [0.29, 0.717) is 28.4 Å². The third-order valence-electron chi connectivity index (χ3n) is 4.48. The Hall–Kier alpha value is -2.32. The van der Waals surface area contributed by atoms with Crippen molar-refractivity contribution in [1.82, 2.24) is 9.55 Å². The second-order valence-corrected chi connectivity index (χ2v) is 8.80. The first-order valence-electron chi connectivity index (χ1n) is 9.22. The summed E-state index contributed by atoms with van der Waals surface area (Å²) in [7, 11) is 0. The maximum Gasteiger partial charge on any atom is 0.266 e. The molecule has 0 fully saturated rings. The Morgan fingerprint density at radius 3 is 2.59 bits per heavy atom. The molecule has 0 aliphatic carbocycles. The summed E-state index contributed by atoms with van der Waals surface area (Å²) in [5, 5.41) is 1.31. The van der Waals surface area contributed by atoms with E-state index in [-0.39, 0.29) is 5.56 Å². The van der Waals surface area contributed by atoms with Crippen molar-refractivity contribution in [2.75, 3.05) is 12.4 Å². The number of thioether (sulfide) groups is 1. The highest BCUT2D eigenvalue weighted by molar-refractivity contribution is 14.1. The van der Waals surface area contributed by atoms with Crippen LogP contribution >= 0.6 is 34.4 Å². The fourth-order valence-corrected chi connectivity index (χ4v) is 4.38. The molecule has 6 heteroatoms. The van der Waals surface area contributed by atoms with Gasteiger partial charge in [-0.1, -0.05) is 48.2 Å². The van der Waals surface area contributed by atoms with Crippen LogP contribution in [0.5, 0.6) is 5.75 Å². The van der Waals surface area contributed by atoms with Gasteiger partial charge in [0.25, 0.3) is 5.56 Å². The molecule has 0 saturated heterocycles. The van der Waals surface area contributed by atoms with Crippen molar-refractivity contribution < 1.29 is 4.74 Å². The first-order chi connectivity index (χ1) is 14.1. The molecule has 0 saturated carbocycles. The van der Waals surface area contributed by atoms with Crippen LogP contribution in [0.25, 0.3) is 16.6 Å². The summed E-state index contributed by atoms with van der Waals surface area (Å²) in [5.41, 5.74) is 2.56. The van der Waals surface area contributed by atoms with Gasteiger partial charge in [-0.2, -0.15) is 0 Å². The van der Waals surface area contributed by atoms with Crippen molar-refractivity contribution in [3.63, 3.8) is 0 Å². The molecule has 29 heavy (non-hydrogen) atoms. The number of hydrogen-bond acceptors (Lipinski definition) is 4. The number of hydrogen-bond donors (Lipinski definition) is 0. The molecule has 1 heterocycles. The normalized spacial score (nSPS) is 11.0. The zero-order chi connectivity index (χ0) is 20.2. The summed E-state index contributed by atoms with van der Waals surface area (Å²) >= 11 is 3.75. The van der Waals surface area contributed by atoms with Gasteiger partial charge in [0, 0.05) is 9.32 Å².